The lowest BCUT2D eigenvalue weighted by Crippen LogP contribution is -2.36. The van der Waals surface area contributed by atoms with E-state index in [-0.39, 0.29) is 17.2 Å². The predicted molar refractivity (Wildman–Crippen MR) is 74.7 cm³/mol. The van der Waals surface area contributed by atoms with Gasteiger partial charge in [-0.25, -0.2) is 10.1 Å². The summed E-state index contributed by atoms with van der Waals surface area (Å²) >= 11 is 0. The van der Waals surface area contributed by atoms with E-state index in [1.165, 1.54) is 10.1 Å². The van der Waals surface area contributed by atoms with Gasteiger partial charge in [0.2, 0.25) is 11.8 Å². The van der Waals surface area contributed by atoms with E-state index in [2.05, 4.69) is 0 Å². The number of nitrogens with zero attached hydrogens (tertiary/aromatic N) is 2. The lowest BCUT2D eigenvalue weighted by atomic mass is 9.79. The van der Waals surface area contributed by atoms with Gasteiger partial charge < -0.3 is 0 Å². The molecule has 0 aromatic rings. The van der Waals surface area contributed by atoms with Crippen molar-refractivity contribution in [3.8, 4) is 0 Å². The van der Waals surface area contributed by atoms with Crippen LogP contribution in [0.3, 0.4) is 0 Å². The largest absolute Gasteiger partial charge is 0.273 e. The number of carbonyl (C=O) groups excluding carboxylic acids is 2. The zero-order valence-corrected chi connectivity index (χ0v) is 12.5. The lowest BCUT2D eigenvalue weighted by molar-refractivity contribution is -0.175. The fraction of sp³-hybridized carbons (Fsp3) is 0.867. The van der Waals surface area contributed by atoms with Gasteiger partial charge in [-0.15, -0.1) is 0 Å². The molecule has 3 aliphatic rings. The summed E-state index contributed by atoms with van der Waals surface area (Å²) in [4.78, 5) is 35.4. The summed E-state index contributed by atoms with van der Waals surface area (Å²) in [6.45, 7) is 2.61. The van der Waals surface area contributed by atoms with Crippen LogP contribution >= 0.6 is 0 Å². The van der Waals surface area contributed by atoms with Crippen molar-refractivity contribution in [2.75, 3.05) is 26.3 Å². The Kier molecular flexibility index (Phi) is 4.45. The highest BCUT2D eigenvalue weighted by atomic mass is 16.7. The van der Waals surface area contributed by atoms with Crippen molar-refractivity contribution < 1.29 is 19.3 Å². The molecule has 0 unspecified atom stereocenters. The van der Waals surface area contributed by atoms with Crippen LogP contribution in [-0.2, 0) is 19.3 Å². The van der Waals surface area contributed by atoms with Crippen LogP contribution in [0, 0.1) is 5.41 Å². The molecule has 0 atom stereocenters. The molecule has 3 rings (SSSR count). The molecule has 6 nitrogen and oxygen atoms in total. The van der Waals surface area contributed by atoms with Crippen molar-refractivity contribution in [3.63, 3.8) is 0 Å². The van der Waals surface area contributed by atoms with E-state index in [4.69, 9.17) is 9.68 Å². The zero-order chi connectivity index (χ0) is 14.7. The van der Waals surface area contributed by atoms with Crippen molar-refractivity contribution in [1.29, 1.82) is 0 Å². The Hall–Kier alpha value is -1.14. The van der Waals surface area contributed by atoms with Crippen LogP contribution in [0.15, 0.2) is 0 Å². The first kappa shape index (κ1) is 14.8. The van der Waals surface area contributed by atoms with Crippen molar-refractivity contribution in [1.82, 2.24) is 10.1 Å². The lowest BCUT2D eigenvalue weighted by Gasteiger charge is -2.30. The maximum absolute atomic E-state index is 12.4. The van der Waals surface area contributed by atoms with Crippen LogP contribution in [0.25, 0.3) is 0 Å². The quantitative estimate of drug-likeness (QED) is 0.791. The van der Waals surface area contributed by atoms with E-state index >= 15 is 0 Å². The molecule has 118 valence electrons. The Morgan fingerprint density at radius 2 is 1.29 bits per heavy atom. The minimum Gasteiger partial charge on any atom is -0.273 e. The standard InChI is InChI=1S/C15H24N2O4/c18-13(16-7-3-9-20-16)11-15(5-1-2-6-15)12-14(19)17-8-4-10-21-17/h1-12H2. The third kappa shape index (κ3) is 3.37. The molecule has 0 aromatic heterocycles. The normalized spacial score (nSPS) is 24.8. The summed E-state index contributed by atoms with van der Waals surface area (Å²) in [5, 5.41) is 2.97. The second-order valence-corrected chi connectivity index (χ2v) is 6.43. The van der Waals surface area contributed by atoms with Crippen LogP contribution in [0.5, 0.6) is 0 Å². The molecule has 0 N–H and O–H groups in total. The van der Waals surface area contributed by atoms with Gasteiger partial charge >= 0.3 is 0 Å². The minimum atomic E-state index is -0.188. The molecule has 0 radical (unpaired) electrons. The van der Waals surface area contributed by atoms with Gasteiger partial charge in [0.1, 0.15) is 0 Å². The second-order valence-electron chi connectivity index (χ2n) is 6.43. The Bertz CT molecular complexity index is 362. The highest BCUT2D eigenvalue weighted by molar-refractivity contribution is 5.79. The highest BCUT2D eigenvalue weighted by Gasteiger charge is 2.41. The average molecular weight is 296 g/mol. The van der Waals surface area contributed by atoms with Crippen LogP contribution in [0.4, 0.5) is 0 Å². The van der Waals surface area contributed by atoms with E-state index in [0.717, 1.165) is 38.5 Å². The molecule has 2 amide bonds. The summed E-state index contributed by atoms with van der Waals surface area (Å²) in [7, 11) is 0. The Morgan fingerprint density at radius 3 is 1.67 bits per heavy atom. The first-order valence-electron chi connectivity index (χ1n) is 8.05. The Morgan fingerprint density at radius 1 is 0.810 bits per heavy atom. The number of hydroxylamine groups is 4. The molecule has 21 heavy (non-hydrogen) atoms. The summed E-state index contributed by atoms with van der Waals surface area (Å²) in [5.41, 5.74) is -0.188. The molecule has 1 aliphatic carbocycles. The summed E-state index contributed by atoms with van der Waals surface area (Å²) in [5.74, 6) is 0.0640. The summed E-state index contributed by atoms with van der Waals surface area (Å²) in [6, 6.07) is 0. The van der Waals surface area contributed by atoms with Gasteiger partial charge in [0.15, 0.2) is 0 Å². The smallest absolute Gasteiger partial charge is 0.246 e. The number of rotatable bonds is 4. The fourth-order valence-corrected chi connectivity index (χ4v) is 3.65. The molecular formula is C15H24N2O4. The van der Waals surface area contributed by atoms with Gasteiger partial charge in [0.05, 0.1) is 26.3 Å². The SMILES string of the molecule is O=C(CC1(CC(=O)N2CCCO2)CCCC1)N1CCCO1. The van der Waals surface area contributed by atoms with Crippen molar-refractivity contribution in [2.45, 2.75) is 51.4 Å². The molecular weight excluding hydrogens is 272 g/mol. The molecule has 2 aliphatic heterocycles. The number of carbonyl (C=O) groups is 2. The number of hydrogen-bond acceptors (Lipinski definition) is 4. The predicted octanol–water partition coefficient (Wildman–Crippen LogP) is 1.65. The zero-order valence-electron chi connectivity index (χ0n) is 12.5. The highest BCUT2D eigenvalue weighted by Crippen LogP contribution is 2.45. The molecule has 2 heterocycles. The van der Waals surface area contributed by atoms with Gasteiger partial charge in [-0.3, -0.25) is 19.3 Å². The minimum absolute atomic E-state index is 0.0320. The van der Waals surface area contributed by atoms with E-state index in [1.807, 2.05) is 0 Å². The van der Waals surface area contributed by atoms with Crippen molar-refractivity contribution >= 4 is 11.8 Å². The summed E-state index contributed by atoms with van der Waals surface area (Å²) in [6.07, 6.45) is 6.75. The van der Waals surface area contributed by atoms with E-state index in [1.54, 1.807) is 0 Å². The summed E-state index contributed by atoms with van der Waals surface area (Å²) < 4.78 is 0. The number of hydrogen-bond donors (Lipinski definition) is 0. The molecule has 0 spiro atoms. The second kappa shape index (κ2) is 6.32. The molecule has 6 heteroatoms. The first-order chi connectivity index (χ1) is 10.2. The number of amides is 2. The van der Waals surface area contributed by atoms with Crippen molar-refractivity contribution in [2.24, 2.45) is 5.41 Å². The Balaban J connectivity index is 1.61. The molecule has 0 aromatic carbocycles. The molecule has 1 saturated carbocycles. The van der Waals surface area contributed by atoms with Gasteiger partial charge in [-0.2, -0.15) is 0 Å². The molecule has 0 bridgehead atoms. The van der Waals surface area contributed by atoms with E-state index in [9.17, 15) is 9.59 Å². The third-order valence-electron chi connectivity index (χ3n) is 4.78. The van der Waals surface area contributed by atoms with Gasteiger partial charge in [-0.1, -0.05) is 12.8 Å². The average Bonchev–Trinajstić information content (AvgIpc) is 3.22. The van der Waals surface area contributed by atoms with Gasteiger partial charge in [0, 0.05) is 12.8 Å². The van der Waals surface area contributed by atoms with E-state index < -0.39 is 0 Å². The van der Waals surface area contributed by atoms with Crippen molar-refractivity contribution in [3.05, 3.63) is 0 Å². The maximum atomic E-state index is 12.4. The maximum Gasteiger partial charge on any atom is 0.246 e. The third-order valence-corrected chi connectivity index (χ3v) is 4.78. The van der Waals surface area contributed by atoms with Crippen LogP contribution in [0.1, 0.15) is 51.4 Å². The van der Waals surface area contributed by atoms with Gasteiger partial charge in [-0.05, 0) is 31.1 Å². The van der Waals surface area contributed by atoms with Gasteiger partial charge in [0.25, 0.3) is 0 Å². The topological polar surface area (TPSA) is 59.1 Å². The molecule has 2 saturated heterocycles. The molecule has 3 fully saturated rings. The Labute approximate surface area is 125 Å². The fourth-order valence-electron chi connectivity index (χ4n) is 3.65. The first-order valence-corrected chi connectivity index (χ1v) is 8.05. The van der Waals surface area contributed by atoms with Crippen LogP contribution in [-0.4, -0.2) is 48.2 Å². The van der Waals surface area contributed by atoms with Crippen LogP contribution < -0.4 is 0 Å². The van der Waals surface area contributed by atoms with Crippen LogP contribution in [0.2, 0.25) is 0 Å². The van der Waals surface area contributed by atoms with E-state index in [0.29, 0.717) is 39.1 Å². The monoisotopic (exact) mass is 296 g/mol.